The van der Waals surface area contributed by atoms with Crippen LogP contribution in [0.4, 0.5) is 4.39 Å². The zero-order chi connectivity index (χ0) is 24.4. The highest BCUT2D eigenvalue weighted by Crippen LogP contribution is 2.61. The van der Waals surface area contributed by atoms with Gasteiger partial charge in [0.15, 0.2) is 11.2 Å². The van der Waals surface area contributed by atoms with E-state index in [9.17, 15) is 14.3 Å². The van der Waals surface area contributed by atoms with Gasteiger partial charge >= 0.3 is 0 Å². The molecule has 176 valence electrons. The van der Waals surface area contributed by atoms with Crippen molar-refractivity contribution in [1.29, 1.82) is 0 Å². The van der Waals surface area contributed by atoms with Crippen molar-refractivity contribution in [2.75, 3.05) is 14.2 Å². The summed E-state index contributed by atoms with van der Waals surface area (Å²) in [6.45, 7) is 0. The highest BCUT2D eigenvalue weighted by Gasteiger charge is 2.69. The van der Waals surface area contributed by atoms with Crippen molar-refractivity contribution in [1.82, 2.24) is 15.0 Å². The van der Waals surface area contributed by atoms with Gasteiger partial charge in [0.25, 0.3) is 5.56 Å². The highest BCUT2D eigenvalue weighted by atomic mass is 19.1. The molecule has 4 aromatic rings. The maximum absolute atomic E-state index is 13.8. The van der Waals surface area contributed by atoms with Crippen LogP contribution in [0.1, 0.15) is 22.5 Å². The lowest BCUT2D eigenvalue weighted by molar-refractivity contribution is -0.0828. The van der Waals surface area contributed by atoms with Crippen molar-refractivity contribution < 1.29 is 23.7 Å². The number of rotatable bonds is 4. The summed E-state index contributed by atoms with van der Waals surface area (Å²) in [4.78, 5) is 25.3. The molecule has 2 atom stereocenters. The molecule has 2 aromatic carbocycles. The van der Waals surface area contributed by atoms with Gasteiger partial charge in [-0.05, 0) is 29.8 Å². The second kappa shape index (κ2) is 7.38. The Balaban J connectivity index is 1.62. The summed E-state index contributed by atoms with van der Waals surface area (Å²) in [5, 5.41) is 12.4. The van der Waals surface area contributed by atoms with E-state index in [1.807, 2.05) is 0 Å². The van der Waals surface area contributed by atoms with E-state index < -0.39 is 22.6 Å². The van der Waals surface area contributed by atoms with Gasteiger partial charge in [-0.1, -0.05) is 24.3 Å². The molecule has 0 bridgehead atoms. The first kappa shape index (κ1) is 21.3. The van der Waals surface area contributed by atoms with E-state index in [-0.39, 0.29) is 29.2 Å². The predicted octanol–water partition coefficient (Wildman–Crippen LogP) is 3.07. The molecule has 3 heterocycles. The Labute approximate surface area is 199 Å². The zero-order valence-electron chi connectivity index (χ0n) is 18.8. The van der Waals surface area contributed by atoms with Crippen LogP contribution in [0.2, 0.25) is 0 Å². The molecule has 6 rings (SSSR count). The first-order valence-electron chi connectivity index (χ1n) is 10.9. The van der Waals surface area contributed by atoms with Gasteiger partial charge in [-0.15, -0.1) is 0 Å². The molecule has 1 aliphatic carbocycles. The quantitative estimate of drug-likeness (QED) is 0.469. The predicted molar refractivity (Wildman–Crippen MR) is 123 cm³/mol. The van der Waals surface area contributed by atoms with Crippen molar-refractivity contribution in [3.63, 3.8) is 0 Å². The molecule has 2 aliphatic rings. The van der Waals surface area contributed by atoms with E-state index in [0.717, 1.165) is 0 Å². The number of H-pyrrole nitrogens is 1. The number of aromatic nitrogens is 3. The second-order valence-electron chi connectivity index (χ2n) is 8.52. The number of ether oxygens (including phenoxy) is 3. The van der Waals surface area contributed by atoms with Crippen molar-refractivity contribution in [3.05, 3.63) is 99.5 Å². The maximum Gasteiger partial charge on any atom is 0.254 e. The first-order valence-corrected chi connectivity index (χ1v) is 10.9. The van der Waals surface area contributed by atoms with Crippen molar-refractivity contribution >= 4 is 0 Å². The lowest BCUT2D eigenvalue weighted by Gasteiger charge is -2.35. The van der Waals surface area contributed by atoms with Crippen molar-refractivity contribution in [2.45, 2.75) is 17.6 Å². The minimum absolute atomic E-state index is 0.00383. The Hall–Kier alpha value is -4.24. The fourth-order valence-electron chi connectivity index (χ4n) is 5.01. The lowest BCUT2D eigenvalue weighted by Crippen LogP contribution is -2.47. The van der Waals surface area contributed by atoms with E-state index in [4.69, 9.17) is 19.2 Å². The fourth-order valence-corrected chi connectivity index (χ4v) is 5.01. The van der Waals surface area contributed by atoms with E-state index in [1.165, 1.54) is 37.6 Å². The average molecular weight is 473 g/mol. The number of halogens is 1. The molecular formula is C26H20FN3O5. The van der Waals surface area contributed by atoms with Crippen LogP contribution in [-0.4, -0.2) is 34.3 Å². The summed E-state index contributed by atoms with van der Waals surface area (Å²) >= 11 is 0. The summed E-state index contributed by atoms with van der Waals surface area (Å²) in [6, 6.07) is 14.3. The van der Waals surface area contributed by atoms with Gasteiger partial charge in [-0.25, -0.2) is 14.4 Å². The Bertz CT molecular complexity index is 1540. The molecule has 0 fully saturated rings. The molecule has 2 N–H and O–H groups in total. The van der Waals surface area contributed by atoms with E-state index in [2.05, 4.69) is 9.97 Å². The molecule has 1 aliphatic heterocycles. The minimum Gasteiger partial charge on any atom is -0.497 e. The molecule has 0 saturated heterocycles. The lowest BCUT2D eigenvalue weighted by atomic mass is 9.78. The number of benzene rings is 2. The van der Waals surface area contributed by atoms with E-state index in [1.54, 1.807) is 37.4 Å². The Morgan fingerprint density at radius 3 is 2.57 bits per heavy atom. The molecular weight excluding hydrogens is 453 g/mol. The fraction of sp³-hybridized carbons (Fsp3) is 0.192. The summed E-state index contributed by atoms with van der Waals surface area (Å²) in [6.07, 6.45) is 1.47. The van der Waals surface area contributed by atoms with Gasteiger partial charge in [0.1, 0.15) is 34.6 Å². The molecule has 0 amide bonds. The van der Waals surface area contributed by atoms with Crippen LogP contribution >= 0.6 is 0 Å². The molecule has 8 nitrogen and oxygen atoms in total. The van der Waals surface area contributed by atoms with E-state index >= 15 is 0 Å². The highest BCUT2D eigenvalue weighted by molar-refractivity contribution is 5.62. The van der Waals surface area contributed by atoms with Gasteiger partial charge in [0, 0.05) is 23.6 Å². The van der Waals surface area contributed by atoms with Gasteiger partial charge in [-0.2, -0.15) is 0 Å². The normalized spacial score (nSPS) is 21.6. The number of fused-ring (bicyclic) bond motifs is 5. The van der Waals surface area contributed by atoms with Gasteiger partial charge in [-0.3, -0.25) is 4.79 Å². The molecule has 9 heteroatoms. The van der Waals surface area contributed by atoms with Crippen LogP contribution in [0.3, 0.4) is 0 Å². The molecule has 35 heavy (non-hydrogen) atoms. The number of nitrogens with zero attached hydrogens (tertiary/aromatic N) is 2. The third kappa shape index (κ3) is 2.85. The van der Waals surface area contributed by atoms with Crippen LogP contribution in [0.15, 0.2) is 65.6 Å². The Morgan fingerprint density at radius 1 is 1.06 bits per heavy atom. The van der Waals surface area contributed by atoms with Gasteiger partial charge in [0.05, 0.1) is 26.1 Å². The van der Waals surface area contributed by atoms with Gasteiger partial charge in [0.2, 0.25) is 0 Å². The number of methoxy groups -OCH3 is 2. The maximum atomic E-state index is 13.8. The molecule has 2 aromatic heterocycles. The van der Waals surface area contributed by atoms with Crippen LogP contribution in [0.25, 0.3) is 11.4 Å². The monoisotopic (exact) mass is 473 g/mol. The summed E-state index contributed by atoms with van der Waals surface area (Å²) in [7, 11) is 3.05. The number of aliphatic hydroxyl groups is 1. The smallest absolute Gasteiger partial charge is 0.254 e. The number of nitrogens with one attached hydrogen (secondary N) is 1. The topological polar surface area (TPSA) is 107 Å². The molecule has 0 spiro atoms. The molecule has 0 unspecified atom stereocenters. The third-order valence-electron chi connectivity index (χ3n) is 6.71. The van der Waals surface area contributed by atoms with Gasteiger partial charge < -0.3 is 24.3 Å². The molecule has 0 radical (unpaired) electrons. The average Bonchev–Trinajstić information content (AvgIpc) is 3.28. The van der Waals surface area contributed by atoms with Crippen LogP contribution in [0.5, 0.6) is 17.2 Å². The number of hydrogen-bond acceptors (Lipinski definition) is 7. The first-order chi connectivity index (χ1) is 16.9. The Kier molecular flexibility index (Phi) is 4.49. The summed E-state index contributed by atoms with van der Waals surface area (Å²) < 4.78 is 30.8. The number of hydrogen-bond donors (Lipinski definition) is 2. The SMILES string of the molecule is COc1cccc(-c2nc3c(c(=O)[nH]2)C[C@]2(c4ccc(F)cc4)Oc4cc(OC)cnc4[C@]32O)c1. The van der Waals surface area contributed by atoms with Crippen LogP contribution in [-0.2, 0) is 17.6 Å². The largest absolute Gasteiger partial charge is 0.497 e. The second-order valence-corrected chi connectivity index (χ2v) is 8.52. The minimum atomic E-state index is -1.91. The zero-order valence-corrected chi connectivity index (χ0v) is 18.8. The van der Waals surface area contributed by atoms with Crippen LogP contribution in [0, 0.1) is 5.82 Å². The molecule has 0 saturated carbocycles. The van der Waals surface area contributed by atoms with Crippen molar-refractivity contribution in [2.24, 2.45) is 0 Å². The summed E-state index contributed by atoms with van der Waals surface area (Å²) in [5.74, 6) is 1.16. The number of pyridine rings is 1. The third-order valence-corrected chi connectivity index (χ3v) is 6.71. The van der Waals surface area contributed by atoms with Crippen LogP contribution < -0.4 is 19.8 Å². The Morgan fingerprint density at radius 2 is 1.83 bits per heavy atom. The number of aromatic amines is 1. The summed E-state index contributed by atoms with van der Waals surface area (Å²) in [5.41, 5.74) is -2.09. The van der Waals surface area contributed by atoms with Crippen molar-refractivity contribution in [3.8, 4) is 28.6 Å². The standard InChI is InChI=1S/C26H20FN3O5/c1-33-17-5-3-4-14(10-17)23-29-21-19(24(31)30-23)12-25(15-6-8-16(27)9-7-15)26(21,32)22-20(35-25)11-18(34-2)13-28-22/h3-11,13,32H,12H2,1-2H3,(H,29,30,31)/t25-,26-/m1/s1. The van der Waals surface area contributed by atoms with E-state index in [0.29, 0.717) is 28.4 Å².